The highest BCUT2D eigenvalue weighted by Gasteiger charge is 2.30. The van der Waals surface area contributed by atoms with Crippen molar-refractivity contribution in [1.82, 2.24) is 25.2 Å². The Balaban J connectivity index is 1.47. The summed E-state index contributed by atoms with van der Waals surface area (Å²) >= 11 is 1.64. The predicted octanol–water partition coefficient (Wildman–Crippen LogP) is 2.39. The summed E-state index contributed by atoms with van der Waals surface area (Å²) in [5.41, 5.74) is 3.72. The van der Waals surface area contributed by atoms with Gasteiger partial charge in [-0.2, -0.15) is 5.10 Å². The van der Waals surface area contributed by atoms with E-state index in [1.807, 2.05) is 35.3 Å². The van der Waals surface area contributed by atoms with Gasteiger partial charge in [0.2, 0.25) is 0 Å². The second kappa shape index (κ2) is 7.66. The number of carbonyl (C=O) groups excluding carboxylic acids is 1. The van der Waals surface area contributed by atoms with Crippen LogP contribution in [0.5, 0.6) is 0 Å². The summed E-state index contributed by atoms with van der Waals surface area (Å²) in [5.74, 6) is -0.0972. The maximum atomic E-state index is 12.7. The van der Waals surface area contributed by atoms with E-state index in [-0.39, 0.29) is 5.91 Å². The highest BCUT2D eigenvalue weighted by Crippen LogP contribution is 2.27. The van der Waals surface area contributed by atoms with Crippen LogP contribution in [0.2, 0.25) is 0 Å². The third-order valence-electron chi connectivity index (χ3n) is 5.17. The fourth-order valence-electron chi connectivity index (χ4n) is 3.70. The van der Waals surface area contributed by atoms with E-state index in [9.17, 15) is 4.79 Å². The molecule has 1 aliphatic carbocycles. The number of fused-ring (bicyclic) bond motifs is 1. The molecule has 0 fully saturated rings. The Morgan fingerprint density at radius 3 is 3.11 bits per heavy atom. The molecule has 142 valence electrons. The summed E-state index contributed by atoms with van der Waals surface area (Å²) in [5, 5.41) is 13.5. The molecule has 0 aliphatic heterocycles. The lowest BCUT2D eigenvalue weighted by Crippen LogP contribution is -2.37. The van der Waals surface area contributed by atoms with Crippen LogP contribution in [-0.2, 0) is 33.0 Å². The van der Waals surface area contributed by atoms with E-state index < -0.39 is 0 Å². The molecule has 1 N–H and O–H groups in total. The first-order valence-corrected chi connectivity index (χ1v) is 9.94. The summed E-state index contributed by atoms with van der Waals surface area (Å²) in [4.78, 5) is 16.2. The van der Waals surface area contributed by atoms with Crippen molar-refractivity contribution in [2.75, 3.05) is 7.05 Å². The van der Waals surface area contributed by atoms with Crippen LogP contribution >= 0.6 is 11.3 Å². The van der Waals surface area contributed by atoms with Crippen LogP contribution < -0.4 is 5.32 Å². The highest BCUT2D eigenvalue weighted by atomic mass is 32.1. The first-order valence-electron chi connectivity index (χ1n) is 9.06. The molecule has 4 rings (SSSR count). The van der Waals surface area contributed by atoms with E-state index in [0.717, 1.165) is 41.9 Å². The number of carbonyl (C=O) groups is 1. The zero-order chi connectivity index (χ0) is 18.8. The number of aromatic nitrogens is 3. The van der Waals surface area contributed by atoms with E-state index in [1.165, 1.54) is 5.69 Å². The van der Waals surface area contributed by atoms with Crippen molar-refractivity contribution in [3.8, 4) is 0 Å². The van der Waals surface area contributed by atoms with E-state index in [2.05, 4.69) is 27.5 Å². The van der Waals surface area contributed by atoms with Crippen LogP contribution in [0.4, 0.5) is 0 Å². The van der Waals surface area contributed by atoms with Crippen LogP contribution in [0, 0.1) is 0 Å². The van der Waals surface area contributed by atoms with Crippen molar-refractivity contribution in [1.29, 1.82) is 0 Å². The summed E-state index contributed by atoms with van der Waals surface area (Å²) in [7, 11) is 4.02. The molecule has 0 bridgehead atoms. The zero-order valence-electron chi connectivity index (χ0n) is 15.5. The summed E-state index contributed by atoms with van der Waals surface area (Å²) in [6.45, 7) is 1.27. The number of nitrogens with zero attached hydrogens (tertiary/aromatic N) is 4. The maximum absolute atomic E-state index is 12.7. The number of likely N-dealkylation sites (N-methyl/N-ethyl adjacent to an activating group) is 1. The Hall–Kier alpha value is -2.45. The van der Waals surface area contributed by atoms with Gasteiger partial charge in [0.1, 0.15) is 6.26 Å². The Bertz CT molecular complexity index is 901. The minimum atomic E-state index is -0.0972. The normalized spacial score (nSPS) is 16.5. The summed E-state index contributed by atoms with van der Waals surface area (Å²) in [6.07, 6.45) is 4.38. The third-order valence-corrected chi connectivity index (χ3v) is 6.05. The highest BCUT2D eigenvalue weighted by molar-refractivity contribution is 7.09. The molecule has 0 spiro atoms. The van der Waals surface area contributed by atoms with Gasteiger partial charge in [-0.05, 0) is 37.8 Å². The van der Waals surface area contributed by atoms with Gasteiger partial charge in [0.05, 0.1) is 12.2 Å². The molecule has 8 heteroatoms. The molecule has 3 heterocycles. The van der Waals surface area contributed by atoms with Gasteiger partial charge in [-0.1, -0.05) is 11.2 Å². The molecule has 1 aliphatic rings. The fourth-order valence-corrected chi connectivity index (χ4v) is 4.34. The first-order chi connectivity index (χ1) is 13.1. The van der Waals surface area contributed by atoms with Gasteiger partial charge in [0, 0.05) is 41.8 Å². The van der Waals surface area contributed by atoms with E-state index in [0.29, 0.717) is 18.3 Å². The molecule has 0 saturated carbocycles. The van der Waals surface area contributed by atoms with E-state index in [4.69, 9.17) is 4.52 Å². The SMILES string of the molecule is CN(Cc1ccon1)C1CCc2c(c(C(=O)NCc3cccs3)nn2C)C1. The van der Waals surface area contributed by atoms with Crippen LogP contribution in [0.25, 0.3) is 0 Å². The summed E-state index contributed by atoms with van der Waals surface area (Å²) < 4.78 is 6.79. The molecule has 3 aromatic heterocycles. The van der Waals surface area contributed by atoms with Crippen molar-refractivity contribution in [2.24, 2.45) is 7.05 Å². The minimum Gasteiger partial charge on any atom is -0.364 e. The maximum Gasteiger partial charge on any atom is 0.272 e. The van der Waals surface area contributed by atoms with Gasteiger partial charge in [-0.25, -0.2) is 0 Å². The molecule has 0 saturated heterocycles. The first kappa shape index (κ1) is 17.9. The monoisotopic (exact) mass is 385 g/mol. The molecule has 3 aromatic rings. The van der Waals surface area contributed by atoms with Crippen LogP contribution in [0.3, 0.4) is 0 Å². The number of rotatable bonds is 6. The number of nitrogens with one attached hydrogen (secondary N) is 1. The molecule has 1 amide bonds. The minimum absolute atomic E-state index is 0.0972. The molecule has 1 atom stereocenters. The van der Waals surface area contributed by atoms with Crippen LogP contribution in [0.15, 0.2) is 34.4 Å². The lowest BCUT2D eigenvalue weighted by Gasteiger charge is -2.31. The fraction of sp³-hybridized carbons (Fsp3) is 0.421. The van der Waals surface area contributed by atoms with Gasteiger partial charge in [0.15, 0.2) is 5.69 Å². The number of hydrogen-bond acceptors (Lipinski definition) is 6. The molecule has 0 radical (unpaired) electrons. The molecule has 7 nitrogen and oxygen atoms in total. The average molecular weight is 385 g/mol. The van der Waals surface area contributed by atoms with Gasteiger partial charge in [-0.15, -0.1) is 11.3 Å². The molecule has 0 aromatic carbocycles. The Kier molecular flexibility index (Phi) is 5.09. The summed E-state index contributed by atoms with van der Waals surface area (Å²) in [6, 6.07) is 6.25. The number of thiophene rings is 1. The van der Waals surface area contributed by atoms with Gasteiger partial charge < -0.3 is 9.84 Å². The van der Waals surface area contributed by atoms with Crippen LogP contribution in [-0.4, -0.2) is 38.8 Å². The van der Waals surface area contributed by atoms with E-state index in [1.54, 1.807) is 17.6 Å². The van der Waals surface area contributed by atoms with Crippen molar-refractivity contribution in [3.05, 3.63) is 57.4 Å². The number of amides is 1. The molecular formula is C19H23N5O2S. The lowest BCUT2D eigenvalue weighted by atomic mass is 9.90. The molecule has 27 heavy (non-hydrogen) atoms. The van der Waals surface area contributed by atoms with Crippen molar-refractivity contribution in [2.45, 2.75) is 38.4 Å². The quantitative estimate of drug-likeness (QED) is 0.705. The van der Waals surface area contributed by atoms with Gasteiger partial charge >= 0.3 is 0 Å². The Labute approximate surface area is 162 Å². The standard InChI is InChI=1S/C19H23N5O2S/c1-23(12-13-7-8-26-22-13)14-5-6-17-16(10-14)18(21-24(17)2)19(25)20-11-15-4-3-9-27-15/h3-4,7-9,14H,5-6,10-12H2,1-2H3,(H,20,25). The second-order valence-electron chi connectivity index (χ2n) is 6.96. The van der Waals surface area contributed by atoms with Crippen LogP contribution in [0.1, 0.15) is 38.7 Å². The molecular weight excluding hydrogens is 362 g/mol. The van der Waals surface area contributed by atoms with Crippen molar-refractivity contribution >= 4 is 17.2 Å². The smallest absolute Gasteiger partial charge is 0.272 e. The largest absolute Gasteiger partial charge is 0.364 e. The second-order valence-corrected chi connectivity index (χ2v) is 7.99. The Morgan fingerprint density at radius 1 is 1.48 bits per heavy atom. The van der Waals surface area contributed by atoms with Gasteiger partial charge in [-0.3, -0.25) is 14.4 Å². The van der Waals surface area contributed by atoms with Gasteiger partial charge in [0.25, 0.3) is 5.91 Å². The topological polar surface area (TPSA) is 76.2 Å². The number of aryl methyl sites for hydroxylation is 1. The third kappa shape index (κ3) is 3.81. The average Bonchev–Trinajstić information content (AvgIpc) is 3.41. The van der Waals surface area contributed by atoms with E-state index >= 15 is 0 Å². The van der Waals surface area contributed by atoms with Crippen molar-refractivity contribution < 1.29 is 9.32 Å². The molecule has 1 unspecified atom stereocenters. The van der Waals surface area contributed by atoms with Crippen molar-refractivity contribution in [3.63, 3.8) is 0 Å². The Morgan fingerprint density at radius 2 is 2.37 bits per heavy atom. The lowest BCUT2D eigenvalue weighted by molar-refractivity contribution is 0.0944. The predicted molar refractivity (Wildman–Crippen MR) is 102 cm³/mol. The number of hydrogen-bond donors (Lipinski definition) is 1. The zero-order valence-corrected chi connectivity index (χ0v) is 16.3.